The van der Waals surface area contributed by atoms with Crippen molar-refractivity contribution in [1.82, 2.24) is 9.97 Å². The monoisotopic (exact) mass is 272 g/mol. The molecule has 104 valence electrons. The van der Waals surface area contributed by atoms with Crippen LogP contribution in [0.3, 0.4) is 0 Å². The highest BCUT2D eigenvalue weighted by atomic mass is 16.6. The summed E-state index contributed by atoms with van der Waals surface area (Å²) in [7, 11) is 0. The van der Waals surface area contributed by atoms with Crippen LogP contribution in [-0.2, 0) is 0 Å². The first-order valence-electron chi connectivity index (χ1n) is 6.24. The normalized spacial score (nSPS) is 12.2. The lowest BCUT2D eigenvalue weighted by Crippen LogP contribution is -2.09. The Balaban J connectivity index is 2.54. The van der Waals surface area contributed by atoms with Crippen LogP contribution >= 0.6 is 0 Å². The first kappa shape index (κ1) is 14.1. The minimum atomic E-state index is -0.424. The molecule has 0 aliphatic heterocycles. The fourth-order valence-corrected chi connectivity index (χ4v) is 2.02. The van der Waals surface area contributed by atoms with E-state index in [1.165, 1.54) is 12.1 Å². The van der Waals surface area contributed by atoms with E-state index in [0.717, 1.165) is 16.8 Å². The molecule has 0 saturated heterocycles. The van der Waals surface area contributed by atoms with Gasteiger partial charge in [-0.15, -0.1) is 0 Å². The summed E-state index contributed by atoms with van der Waals surface area (Å²) in [4.78, 5) is 19.1. The minimum absolute atomic E-state index is 0.0307. The van der Waals surface area contributed by atoms with Crippen LogP contribution in [0.5, 0.6) is 0 Å². The number of aryl methyl sites for hydroxylation is 2. The smallest absolute Gasteiger partial charge is 0.270 e. The molecular weight excluding hydrogens is 256 g/mol. The first-order valence-corrected chi connectivity index (χ1v) is 6.24. The van der Waals surface area contributed by atoms with E-state index in [4.69, 9.17) is 5.73 Å². The van der Waals surface area contributed by atoms with E-state index < -0.39 is 4.92 Å². The average Bonchev–Trinajstić information content (AvgIpc) is 2.38. The van der Waals surface area contributed by atoms with Gasteiger partial charge in [-0.3, -0.25) is 10.1 Å². The van der Waals surface area contributed by atoms with Gasteiger partial charge in [0, 0.05) is 41.2 Å². The van der Waals surface area contributed by atoms with Crippen molar-refractivity contribution >= 4 is 5.69 Å². The zero-order valence-corrected chi connectivity index (χ0v) is 11.6. The molecule has 0 saturated carbocycles. The van der Waals surface area contributed by atoms with Crippen molar-refractivity contribution in [3.8, 4) is 11.4 Å². The number of aromatic nitrogens is 2. The Morgan fingerprint density at radius 1 is 1.35 bits per heavy atom. The molecule has 0 radical (unpaired) electrons. The number of rotatable bonds is 3. The Bertz CT molecular complexity index is 668. The fourth-order valence-electron chi connectivity index (χ4n) is 2.02. The SMILES string of the molecule is Cc1ccc([N+](=O)[O-])cc1-c1ncc(C(C)N)c(C)n1. The van der Waals surface area contributed by atoms with E-state index in [9.17, 15) is 10.1 Å². The summed E-state index contributed by atoms with van der Waals surface area (Å²) in [5.74, 6) is 0.480. The number of nitro groups is 1. The standard InChI is InChI=1S/C14H16N4O2/c1-8-4-5-11(18(19)20)6-12(8)14-16-7-13(9(2)15)10(3)17-14/h4-7,9H,15H2,1-3H3. The predicted molar refractivity (Wildman–Crippen MR) is 76.2 cm³/mol. The van der Waals surface area contributed by atoms with E-state index in [0.29, 0.717) is 11.4 Å². The van der Waals surface area contributed by atoms with Crippen molar-refractivity contribution in [2.24, 2.45) is 5.73 Å². The molecule has 0 fully saturated rings. The van der Waals surface area contributed by atoms with Crippen molar-refractivity contribution < 1.29 is 4.92 Å². The van der Waals surface area contributed by atoms with Gasteiger partial charge in [-0.1, -0.05) is 6.07 Å². The van der Waals surface area contributed by atoms with Crippen LogP contribution in [0, 0.1) is 24.0 Å². The molecule has 20 heavy (non-hydrogen) atoms. The van der Waals surface area contributed by atoms with Gasteiger partial charge in [0.05, 0.1) is 4.92 Å². The summed E-state index contributed by atoms with van der Waals surface area (Å²) in [6.45, 7) is 5.59. The molecule has 0 aliphatic carbocycles. The molecule has 2 rings (SSSR count). The Morgan fingerprint density at radius 2 is 2.05 bits per heavy atom. The van der Waals surface area contributed by atoms with Gasteiger partial charge < -0.3 is 5.73 Å². The van der Waals surface area contributed by atoms with Crippen LogP contribution in [-0.4, -0.2) is 14.9 Å². The van der Waals surface area contributed by atoms with Crippen molar-refractivity contribution in [3.63, 3.8) is 0 Å². The van der Waals surface area contributed by atoms with Gasteiger partial charge >= 0.3 is 0 Å². The summed E-state index contributed by atoms with van der Waals surface area (Å²) < 4.78 is 0. The average molecular weight is 272 g/mol. The predicted octanol–water partition coefficient (Wildman–Crippen LogP) is 2.69. The van der Waals surface area contributed by atoms with Crippen molar-refractivity contribution in [3.05, 3.63) is 51.3 Å². The number of hydrogen-bond acceptors (Lipinski definition) is 5. The number of nitrogens with two attached hydrogens (primary N) is 1. The molecule has 1 unspecified atom stereocenters. The number of nitrogens with zero attached hydrogens (tertiary/aromatic N) is 3. The lowest BCUT2D eigenvalue weighted by molar-refractivity contribution is -0.384. The second kappa shape index (κ2) is 5.34. The molecule has 0 spiro atoms. The Hall–Kier alpha value is -2.34. The molecule has 0 aliphatic rings. The minimum Gasteiger partial charge on any atom is -0.324 e. The van der Waals surface area contributed by atoms with Crippen LogP contribution in [0.15, 0.2) is 24.4 Å². The third-order valence-electron chi connectivity index (χ3n) is 3.18. The van der Waals surface area contributed by atoms with E-state index in [1.807, 2.05) is 20.8 Å². The van der Waals surface area contributed by atoms with Gasteiger partial charge in [0.2, 0.25) is 0 Å². The first-order chi connectivity index (χ1) is 9.40. The number of nitro benzene ring substituents is 1. The summed E-state index contributed by atoms with van der Waals surface area (Å²) >= 11 is 0. The molecular formula is C14H16N4O2. The number of non-ortho nitro benzene ring substituents is 1. The van der Waals surface area contributed by atoms with Crippen molar-refractivity contribution in [2.45, 2.75) is 26.8 Å². The van der Waals surface area contributed by atoms with Crippen molar-refractivity contribution in [2.75, 3.05) is 0 Å². The maximum absolute atomic E-state index is 10.9. The van der Waals surface area contributed by atoms with Gasteiger partial charge in [0.15, 0.2) is 5.82 Å². The molecule has 6 nitrogen and oxygen atoms in total. The number of benzene rings is 1. The molecule has 1 aromatic heterocycles. The maximum Gasteiger partial charge on any atom is 0.270 e. The maximum atomic E-state index is 10.9. The highest BCUT2D eigenvalue weighted by Crippen LogP contribution is 2.26. The quantitative estimate of drug-likeness (QED) is 0.684. The molecule has 0 bridgehead atoms. The molecule has 2 N–H and O–H groups in total. The molecule has 0 amide bonds. The summed E-state index contributed by atoms with van der Waals surface area (Å²) in [5.41, 5.74) is 9.08. The largest absolute Gasteiger partial charge is 0.324 e. The van der Waals surface area contributed by atoms with Gasteiger partial charge in [-0.2, -0.15) is 0 Å². The third kappa shape index (κ3) is 2.65. The van der Waals surface area contributed by atoms with Crippen LogP contribution < -0.4 is 5.73 Å². The van der Waals surface area contributed by atoms with Gasteiger partial charge in [0.1, 0.15) is 0 Å². The van der Waals surface area contributed by atoms with Crippen molar-refractivity contribution in [1.29, 1.82) is 0 Å². The highest BCUT2D eigenvalue weighted by molar-refractivity contribution is 5.63. The Morgan fingerprint density at radius 3 is 2.60 bits per heavy atom. The third-order valence-corrected chi connectivity index (χ3v) is 3.18. The Kier molecular flexibility index (Phi) is 3.76. The fraction of sp³-hybridized carbons (Fsp3) is 0.286. The van der Waals surface area contributed by atoms with Gasteiger partial charge in [-0.25, -0.2) is 9.97 Å². The highest BCUT2D eigenvalue weighted by Gasteiger charge is 2.14. The Labute approximate surface area is 116 Å². The lowest BCUT2D eigenvalue weighted by Gasteiger charge is -2.10. The lowest BCUT2D eigenvalue weighted by atomic mass is 10.1. The number of hydrogen-bond donors (Lipinski definition) is 1. The van der Waals surface area contributed by atoms with Gasteiger partial charge in [0.25, 0.3) is 5.69 Å². The molecule has 6 heteroatoms. The van der Waals surface area contributed by atoms with Crippen LogP contribution in [0.1, 0.15) is 29.8 Å². The molecule has 1 atom stereocenters. The van der Waals surface area contributed by atoms with Crippen LogP contribution in [0.4, 0.5) is 5.69 Å². The topological polar surface area (TPSA) is 94.9 Å². The molecule has 2 aromatic rings. The zero-order valence-electron chi connectivity index (χ0n) is 11.6. The van der Waals surface area contributed by atoms with E-state index in [-0.39, 0.29) is 11.7 Å². The van der Waals surface area contributed by atoms with E-state index in [2.05, 4.69) is 9.97 Å². The summed E-state index contributed by atoms with van der Waals surface area (Å²) in [6, 6.07) is 4.53. The molecule has 1 heterocycles. The summed E-state index contributed by atoms with van der Waals surface area (Å²) in [6.07, 6.45) is 1.68. The van der Waals surface area contributed by atoms with E-state index in [1.54, 1.807) is 12.3 Å². The van der Waals surface area contributed by atoms with Crippen LogP contribution in [0.2, 0.25) is 0 Å². The second-order valence-corrected chi connectivity index (χ2v) is 4.78. The zero-order chi connectivity index (χ0) is 14.9. The van der Waals surface area contributed by atoms with Crippen LogP contribution in [0.25, 0.3) is 11.4 Å². The van der Waals surface area contributed by atoms with E-state index >= 15 is 0 Å². The van der Waals surface area contributed by atoms with Gasteiger partial charge in [-0.05, 0) is 26.3 Å². The summed E-state index contributed by atoms with van der Waals surface area (Å²) in [5, 5.41) is 10.9. The second-order valence-electron chi connectivity index (χ2n) is 4.78. The molecule has 1 aromatic carbocycles.